The molecule has 0 bridgehead atoms. The molecule has 0 saturated heterocycles. The number of hydrogen-bond acceptors (Lipinski definition) is 4. The minimum absolute atomic E-state index is 0.0173. The van der Waals surface area contributed by atoms with Crippen LogP contribution >= 0.6 is 0 Å². The van der Waals surface area contributed by atoms with Crippen molar-refractivity contribution in [1.82, 2.24) is 21.3 Å². The Labute approximate surface area is 207 Å². The van der Waals surface area contributed by atoms with Gasteiger partial charge in [-0.1, -0.05) is 45.4 Å². The summed E-state index contributed by atoms with van der Waals surface area (Å²) in [7, 11) is 0. The molecule has 0 aromatic carbocycles. The molecule has 0 spiro atoms. The molecule has 0 aliphatic heterocycles. The fourth-order valence-electron chi connectivity index (χ4n) is 3.53. The molecule has 0 aromatic rings. The standard InChI is InChI=1S/C26H50N4O4/c1-3-4-5-12-20-28-24(32)17-10-7-14-22-30-26(34)18-11-8-15-21-29-25(33)16-9-6-13-19-27-23(2)31/h3-22H2,1-2H3,(H,27,31)(H,28,32)(H,29,33)(H,30,34). The van der Waals surface area contributed by atoms with Crippen molar-refractivity contribution in [2.24, 2.45) is 0 Å². The van der Waals surface area contributed by atoms with Crippen molar-refractivity contribution < 1.29 is 19.2 Å². The summed E-state index contributed by atoms with van der Waals surface area (Å²) in [5.74, 6) is 0.265. The van der Waals surface area contributed by atoms with Gasteiger partial charge in [-0.2, -0.15) is 0 Å². The molecular weight excluding hydrogens is 432 g/mol. The third-order valence-corrected chi connectivity index (χ3v) is 5.61. The van der Waals surface area contributed by atoms with E-state index in [0.29, 0.717) is 38.9 Å². The van der Waals surface area contributed by atoms with Gasteiger partial charge >= 0.3 is 0 Å². The number of amides is 4. The monoisotopic (exact) mass is 482 g/mol. The second-order valence-corrected chi connectivity index (χ2v) is 9.03. The first-order chi connectivity index (χ1) is 16.5. The fourth-order valence-corrected chi connectivity index (χ4v) is 3.53. The third-order valence-electron chi connectivity index (χ3n) is 5.61. The van der Waals surface area contributed by atoms with E-state index in [0.717, 1.165) is 70.8 Å². The summed E-state index contributed by atoms with van der Waals surface area (Å²) in [5.41, 5.74) is 0. The van der Waals surface area contributed by atoms with E-state index < -0.39 is 0 Å². The van der Waals surface area contributed by atoms with Gasteiger partial charge in [-0.15, -0.1) is 0 Å². The highest BCUT2D eigenvalue weighted by Crippen LogP contribution is 2.03. The van der Waals surface area contributed by atoms with Gasteiger partial charge in [0.15, 0.2) is 0 Å². The zero-order chi connectivity index (χ0) is 25.3. The van der Waals surface area contributed by atoms with Crippen LogP contribution in [0.5, 0.6) is 0 Å². The van der Waals surface area contributed by atoms with Crippen LogP contribution in [0.15, 0.2) is 0 Å². The highest BCUT2D eigenvalue weighted by molar-refractivity contribution is 5.76. The zero-order valence-electron chi connectivity index (χ0n) is 21.8. The SMILES string of the molecule is CCCCCCNC(=O)CCCCCNC(=O)CCCCCNC(=O)CCCCCNC(C)=O. The lowest BCUT2D eigenvalue weighted by atomic mass is 10.1. The molecule has 0 fully saturated rings. The quantitative estimate of drug-likeness (QED) is 0.166. The van der Waals surface area contributed by atoms with Crippen LogP contribution in [0.2, 0.25) is 0 Å². The van der Waals surface area contributed by atoms with Gasteiger partial charge in [-0.3, -0.25) is 19.2 Å². The van der Waals surface area contributed by atoms with Gasteiger partial charge in [-0.25, -0.2) is 0 Å². The second-order valence-electron chi connectivity index (χ2n) is 9.03. The minimum Gasteiger partial charge on any atom is -0.356 e. The van der Waals surface area contributed by atoms with Gasteiger partial charge in [0.2, 0.25) is 23.6 Å². The van der Waals surface area contributed by atoms with Crippen LogP contribution in [0.4, 0.5) is 0 Å². The van der Waals surface area contributed by atoms with Gasteiger partial charge < -0.3 is 21.3 Å². The molecule has 0 rings (SSSR count). The van der Waals surface area contributed by atoms with E-state index in [4.69, 9.17) is 0 Å². The average molecular weight is 483 g/mol. The Bertz CT molecular complexity index is 555. The highest BCUT2D eigenvalue weighted by atomic mass is 16.2. The van der Waals surface area contributed by atoms with Crippen LogP contribution < -0.4 is 21.3 Å². The lowest BCUT2D eigenvalue weighted by molar-refractivity contribution is -0.122. The second kappa shape index (κ2) is 24.0. The molecule has 4 N–H and O–H groups in total. The fraction of sp³-hybridized carbons (Fsp3) is 0.846. The summed E-state index contributed by atoms with van der Waals surface area (Å²) in [4.78, 5) is 46.1. The number of nitrogens with one attached hydrogen (secondary N) is 4. The predicted molar refractivity (Wildman–Crippen MR) is 137 cm³/mol. The van der Waals surface area contributed by atoms with Crippen molar-refractivity contribution in [1.29, 1.82) is 0 Å². The van der Waals surface area contributed by atoms with Crippen molar-refractivity contribution in [3.05, 3.63) is 0 Å². The van der Waals surface area contributed by atoms with Gasteiger partial charge in [0, 0.05) is 52.4 Å². The average Bonchev–Trinajstić information content (AvgIpc) is 2.80. The molecule has 0 heterocycles. The van der Waals surface area contributed by atoms with Crippen molar-refractivity contribution in [3.8, 4) is 0 Å². The van der Waals surface area contributed by atoms with Crippen LogP contribution in [0.3, 0.4) is 0 Å². The van der Waals surface area contributed by atoms with Gasteiger partial charge in [0.05, 0.1) is 0 Å². The summed E-state index contributed by atoms with van der Waals surface area (Å²) in [5, 5.41) is 11.6. The van der Waals surface area contributed by atoms with E-state index in [1.807, 2.05) is 0 Å². The van der Waals surface area contributed by atoms with Crippen LogP contribution in [-0.4, -0.2) is 49.8 Å². The van der Waals surface area contributed by atoms with Crippen molar-refractivity contribution in [2.45, 2.75) is 117 Å². The van der Waals surface area contributed by atoms with Crippen LogP contribution in [0.25, 0.3) is 0 Å². The van der Waals surface area contributed by atoms with Crippen molar-refractivity contribution >= 4 is 23.6 Å². The van der Waals surface area contributed by atoms with E-state index in [1.165, 1.54) is 26.2 Å². The topological polar surface area (TPSA) is 116 Å². The Morgan fingerprint density at radius 3 is 1.09 bits per heavy atom. The Morgan fingerprint density at radius 2 is 0.765 bits per heavy atom. The molecule has 0 aromatic heterocycles. The van der Waals surface area contributed by atoms with Crippen LogP contribution in [0, 0.1) is 0 Å². The molecule has 0 aliphatic rings. The molecule has 8 heteroatoms. The molecule has 4 amide bonds. The van der Waals surface area contributed by atoms with E-state index in [9.17, 15) is 19.2 Å². The minimum atomic E-state index is -0.0173. The summed E-state index contributed by atoms with van der Waals surface area (Å²) in [6.45, 7) is 6.45. The Morgan fingerprint density at radius 1 is 0.441 bits per heavy atom. The van der Waals surface area contributed by atoms with Gasteiger partial charge in [0.1, 0.15) is 0 Å². The number of hydrogen-bond donors (Lipinski definition) is 4. The summed E-state index contributed by atoms with van der Waals surface area (Å²) >= 11 is 0. The molecule has 0 saturated carbocycles. The predicted octanol–water partition coefficient (Wildman–Crippen LogP) is 3.73. The van der Waals surface area contributed by atoms with Crippen molar-refractivity contribution in [2.75, 3.05) is 26.2 Å². The summed E-state index contributed by atoms with van der Waals surface area (Å²) in [6.07, 6.45) is 14.2. The first-order valence-electron chi connectivity index (χ1n) is 13.5. The number of rotatable bonds is 23. The summed E-state index contributed by atoms with van der Waals surface area (Å²) in [6, 6.07) is 0. The maximum atomic E-state index is 11.9. The normalized spacial score (nSPS) is 10.5. The van der Waals surface area contributed by atoms with Crippen LogP contribution in [-0.2, 0) is 19.2 Å². The van der Waals surface area contributed by atoms with E-state index >= 15 is 0 Å². The Balaban J connectivity index is 3.38. The highest BCUT2D eigenvalue weighted by Gasteiger charge is 2.04. The molecule has 198 valence electrons. The molecule has 0 atom stereocenters. The maximum absolute atomic E-state index is 11.9. The summed E-state index contributed by atoms with van der Waals surface area (Å²) < 4.78 is 0. The number of carbonyl (C=O) groups is 4. The maximum Gasteiger partial charge on any atom is 0.219 e. The van der Waals surface area contributed by atoms with Gasteiger partial charge in [0.25, 0.3) is 0 Å². The molecule has 8 nitrogen and oxygen atoms in total. The van der Waals surface area contributed by atoms with E-state index in [2.05, 4.69) is 28.2 Å². The Kier molecular flexibility index (Phi) is 22.5. The van der Waals surface area contributed by atoms with E-state index in [1.54, 1.807) is 0 Å². The van der Waals surface area contributed by atoms with Crippen LogP contribution in [0.1, 0.15) is 117 Å². The Hall–Kier alpha value is -2.12. The lowest BCUT2D eigenvalue weighted by Crippen LogP contribution is -2.25. The van der Waals surface area contributed by atoms with Crippen molar-refractivity contribution in [3.63, 3.8) is 0 Å². The largest absolute Gasteiger partial charge is 0.356 e. The first kappa shape index (κ1) is 31.9. The molecule has 34 heavy (non-hydrogen) atoms. The first-order valence-corrected chi connectivity index (χ1v) is 13.5. The zero-order valence-corrected chi connectivity index (χ0v) is 21.8. The van der Waals surface area contributed by atoms with E-state index in [-0.39, 0.29) is 23.6 Å². The number of unbranched alkanes of at least 4 members (excludes halogenated alkanes) is 9. The van der Waals surface area contributed by atoms with Gasteiger partial charge in [-0.05, 0) is 44.9 Å². The lowest BCUT2D eigenvalue weighted by Gasteiger charge is -2.07. The third kappa shape index (κ3) is 24.5. The smallest absolute Gasteiger partial charge is 0.219 e. The molecule has 0 aliphatic carbocycles. The number of carbonyl (C=O) groups excluding carboxylic acids is 4. The molecular formula is C26H50N4O4. The molecule has 0 unspecified atom stereocenters. The molecule has 0 radical (unpaired) electrons.